The SMILES string of the molecule is CN(CCS(C)(=O)=O)C(CC(=O)O)C(F)(F)F. The molecule has 1 N–H and O–H groups in total. The molecule has 17 heavy (non-hydrogen) atoms. The maximum absolute atomic E-state index is 12.5. The molecule has 5 nitrogen and oxygen atoms in total. The number of halogens is 3. The van der Waals surface area contributed by atoms with Gasteiger partial charge < -0.3 is 5.11 Å². The average Bonchev–Trinajstić information content (AvgIpc) is 2.07. The zero-order valence-electron chi connectivity index (χ0n) is 9.36. The molecule has 0 aromatic carbocycles. The van der Waals surface area contributed by atoms with Gasteiger partial charge in [-0.25, -0.2) is 8.42 Å². The van der Waals surface area contributed by atoms with Crippen molar-refractivity contribution >= 4 is 15.8 Å². The van der Waals surface area contributed by atoms with Gasteiger partial charge in [-0.05, 0) is 7.05 Å². The van der Waals surface area contributed by atoms with E-state index in [4.69, 9.17) is 5.11 Å². The van der Waals surface area contributed by atoms with Crippen molar-refractivity contribution in [2.75, 3.05) is 25.6 Å². The second kappa shape index (κ2) is 5.67. The number of alkyl halides is 3. The fourth-order valence-electron chi connectivity index (χ4n) is 1.15. The van der Waals surface area contributed by atoms with Crippen molar-refractivity contribution in [3.63, 3.8) is 0 Å². The van der Waals surface area contributed by atoms with Crippen LogP contribution in [0.25, 0.3) is 0 Å². The molecule has 0 saturated carbocycles. The Bertz CT molecular complexity index is 365. The fourth-order valence-corrected chi connectivity index (χ4v) is 1.77. The molecule has 0 fully saturated rings. The van der Waals surface area contributed by atoms with Crippen LogP contribution in [0.3, 0.4) is 0 Å². The largest absolute Gasteiger partial charge is 0.481 e. The molecular weight excluding hydrogens is 263 g/mol. The summed E-state index contributed by atoms with van der Waals surface area (Å²) in [6.07, 6.45) is -4.91. The molecule has 0 rings (SSSR count). The van der Waals surface area contributed by atoms with Crippen LogP contribution in [0.5, 0.6) is 0 Å². The van der Waals surface area contributed by atoms with Crippen LogP contribution < -0.4 is 0 Å². The molecule has 0 amide bonds. The van der Waals surface area contributed by atoms with Gasteiger partial charge in [-0.2, -0.15) is 13.2 Å². The van der Waals surface area contributed by atoms with Crippen LogP contribution in [-0.2, 0) is 14.6 Å². The first-order valence-corrected chi connectivity index (χ1v) is 6.66. The van der Waals surface area contributed by atoms with Crippen LogP contribution in [0.1, 0.15) is 6.42 Å². The van der Waals surface area contributed by atoms with Gasteiger partial charge in [0.25, 0.3) is 0 Å². The normalized spacial score (nSPS) is 14.9. The van der Waals surface area contributed by atoms with Crippen molar-refractivity contribution in [3.05, 3.63) is 0 Å². The molecule has 0 aromatic heterocycles. The Morgan fingerprint density at radius 3 is 2.18 bits per heavy atom. The lowest BCUT2D eigenvalue weighted by Gasteiger charge is -2.28. The molecule has 102 valence electrons. The Morgan fingerprint density at radius 2 is 1.88 bits per heavy atom. The summed E-state index contributed by atoms with van der Waals surface area (Å²) < 4.78 is 59.1. The molecule has 0 spiro atoms. The summed E-state index contributed by atoms with van der Waals surface area (Å²) in [5.74, 6) is -2.03. The second-order valence-corrected chi connectivity index (χ2v) is 6.03. The van der Waals surface area contributed by atoms with Crippen molar-refractivity contribution in [1.82, 2.24) is 4.90 Å². The van der Waals surface area contributed by atoms with E-state index in [0.29, 0.717) is 4.90 Å². The topological polar surface area (TPSA) is 74.7 Å². The summed E-state index contributed by atoms with van der Waals surface area (Å²) in [6.45, 7) is -0.365. The van der Waals surface area contributed by atoms with E-state index in [0.717, 1.165) is 13.3 Å². The minimum Gasteiger partial charge on any atom is -0.481 e. The molecule has 1 atom stereocenters. The molecule has 0 aliphatic carbocycles. The van der Waals surface area contributed by atoms with Crippen LogP contribution in [0.4, 0.5) is 13.2 Å². The molecule has 0 radical (unpaired) electrons. The Labute approximate surface area is 97.1 Å². The maximum Gasteiger partial charge on any atom is 0.404 e. The summed E-state index contributed by atoms with van der Waals surface area (Å²) in [5, 5.41) is 8.38. The maximum atomic E-state index is 12.5. The minimum absolute atomic E-state index is 0.365. The van der Waals surface area contributed by atoms with E-state index in [1.165, 1.54) is 0 Å². The summed E-state index contributed by atoms with van der Waals surface area (Å²) in [5.41, 5.74) is 0. The first-order chi connectivity index (χ1) is 7.43. The van der Waals surface area contributed by atoms with E-state index < -0.39 is 40.2 Å². The highest BCUT2D eigenvalue weighted by Gasteiger charge is 2.43. The molecule has 0 aliphatic heterocycles. The van der Waals surface area contributed by atoms with Gasteiger partial charge in [0.2, 0.25) is 0 Å². The van der Waals surface area contributed by atoms with E-state index in [1.54, 1.807) is 0 Å². The molecule has 0 aliphatic rings. The van der Waals surface area contributed by atoms with Crippen LogP contribution in [0.15, 0.2) is 0 Å². The lowest BCUT2D eigenvalue weighted by Crippen LogP contribution is -2.46. The number of hydrogen-bond acceptors (Lipinski definition) is 4. The highest BCUT2D eigenvalue weighted by Crippen LogP contribution is 2.26. The number of rotatable bonds is 6. The fraction of sp³-hybridized carbons (Fsp3) is 0.875. The molecule has 9 heteroatoms. The summed E-state index contributed by atoms with van der Waals surface area (Å²) in [7, 11) is -2.34. The van der Waals surface area contributed by atoms with Crippen molar-refractivity contribution in [2.45, 2.75) is 18.6 Å². The third kappa shape index (κ3) is 7.16. The Balaban J connectivity index is 4.65. The number of sulfone groups is 1. The zero-order valence-corrected chi connectivity index (χ0v) is 10.2. The smallest absolute Gasteiger partial charge is 0.404 e. The summed E-state index contributed by atoms with van der Waals surface area (Å²) in [6, 6.07) is -2.18. The number of hydrogen-bond donors (Lipinski definition) is 1. The second-order valence-electron chi connectivity index (χ2n) is 3.77. The first kappa shape index (κ1) is 16.2. The van der Waals surface area contributed by atoms with Gasteiger partial charge in [-0.1, -0.05) is 0 Å². The average molecular weight is 277 g/mol. The van der Waals surface area contributed by atoms with Crippen LogP contribution in [-0.4, -0.2) is 62.2 Å². The highest BCUT2D eigenvalue weighted by atomic mass is 32.2. The van der Waals surface area contributed by atoms with Gasteiger partial charge in [-0.3, -0.25) is 9.69 Å². The van der Waals surface area contributed by atoms with Crippen molar-refractivity contribution < 1.29 is 31.5 Å². The predicted octanol–water partition coefficient (Wildman–Crippen LogP) is 0.368. The number of carboxylic acid groups (broad SMARTS) is 1. The third-order valence-corrected chi connectivity index (χ3v) is 3.02. The van der Waals surface area contributed by atoms with Crippen molar-refractivity contribution in [3.8, 4) is 0 Å². The van der Waals surface area contributed by atoms with Gasteiger partial charge in [-0.15, -0.1) is 0 Å². The lowest BCUT2D eigenvalue weighted by atomic mass is 10.2. The summed E-state index contributed by atoms with van der Waals surface area (Å²) >= 11 is 0. The number of nitrogens with zero attached hydrogens (tertiary/aromatic N) is 1. The lowest BCUT2D eigenvalue weighted by molar-refractivity contribution is -0.187. The minimum atomic E-state index is -4.70. The monoisotopic (exact) mass is 277 g/mol. The van der Waals surface area contributed by atoms with Gasteiger partial charge in [0.05, 0.1) is 12.2 Å². The zero-order chi connectivity index (χ0) is 13.9. The van der Waals surface area contributed by atoms with E-state index in [9.17, 15) is 26.4 Å². The van der Waals surface area contributed by atoms with Gasteiger partial charge >= 0.3 is 12.1 Å². The Hall–Kier alpha value is -0.830. The summed E-state index contributed by atoms with van der Waals surface area (Å²) in [4.78, 5) is 11.0. The molecule has 0 saturated heterocycles. The van der Waals surface area contributed by atoms with Crippen LogP contribution >= 0.6 is 0 Å². The van der Waals surface area contributed by atoms with Gasteiger partial charge in [0.15, 0.2) is 0 Å². The van der Waals surface area contributed by atoms with E-state index >= 15 is 0 Å². The Kier molecular flexibility index (Phi) is 5.40. The highest BCUT2D eigenvalue weighted by molar-refractivity contribution is 7.90. The van der Waals surface area contributed by atoms with E-state index in [1.807, 2.05) is 0 Å². The number of carboxylic acids is 1. The van der Waals surface area contributed by atoms with E-state index in [-0.39, 0.29) is 6.54 Å². The van der Waals surface area contributed by atoms with Crippen LogP contribution in [0, 0.1) is 0 Å². The molecule has 0 bridgehead atoms. The predicted molar refractivity (Wildman–Crippen MR) is 54.4 cm³/mol. The van der Waals surface area contributed by atoms with Crippen molar-refractivity contribution in [1.29, 1.82) is 0 Å². The third-order valence-electron chi connectivity index (χ3n) is 2.09. The van der Waals surface area contributed by atoms with Crippen LogP contribution in [0.2, 0.25) is 0 Å². The van der Waals surface area contributed by atoms with Gasteiger partial charge in [0, 0.05) is 12.8 Å². The number of aliphatic carboxylic acids is 1. The standard InChI is InChI=1S/C8H14F3NO4S/c1-12(3-4-17(2,15)16)6(5-7(13)14)8(9,10)11/h6H,3-5H2,1-2H3,(H,13,14). The quantitative estimate of drug-likeness (QED) is 0.759. The Morgan fingerprint density at radius 1 is 1.41 bits per heavy atom. The molecule has 0 heterocycles. The van der Waals surface area contributed by atoms with Gasteiger partial charge in [0.1, 0.15) is 15.9 Å². The molecule has 1 unspecified atom stereocenters. The number of carbonyl (C=O) groups is 1. The van der Waals surface area contributed by atoms with E-state index in [2.05, 4.69) is 0 Å². The molecule has 0 aromatic rings. The van der Waals surface area contributed by atoms with Crippen molar-refractivity contribution in [2.24, 2.45) is 0 Å². The first-order valence-electron chi connectivity index (χ1n) is 4.60. The molecular formula is C8H14F3NO4S.